The monoisotopic (exact) mass is 428 g/mol. The van der Waals surface area contributed by atoms with Gasteiger partial charge in [-0.05, 0) is 23.1 Å². The van der Waals surface area contributed by atoms with E-state index in [1.807, 2.05) is 24.3 Å². The molecule has 0 heterocycles. The number of anilines is 1. The Labute approximate surface area is 184 Å². The third kappa shape index (κ3) is 7.18. The average Bonchev–Trinajstić information content (AvgIpc) is 2.67. The first kappa shape index (κ1) is 24.0. The summed E-state index contributed by atoms with van der Waals surface area (Å²) >= 11 is 1.33. The topological polar surface area (TPSA) is 88.8 Å². The van der Waals surface area contributed by atoms with Gasteiger partial charge in [0.2, 0.25) is 5.91 Å². The maximum atomic E-state index is 12.6. The normalized spacial score (nSPS) is 12.6. The number of benzene rings is 2. The van der Waals surface area contributed by atoms with Gasteiger partial charge in [0.25, 0.3) is 5.91 Å². The highest BCUT2D eigenvalue weighted by atomic mass is 32.2. The van der Waals surface area contributed by atoms with Crippen molar-refractivity contribution in [2.24, 2.45) is 11.7 Å². The Morgan fingerprint density at radius 2 is 1.70 bits per heavy atom. The lowest BCUT2D eigenvalue weighted by molar-refractivity contribution is -0.692. The van der Waals surface area contributed by atoms with Crippen molar-refractivity contribution in [1.82, 2.24) is 0 Å². The predicted octanol–water partition coefficient (Wildman–Crippen LogP) is 3.46. The van der Waals surface area contributed by atoms with Crippen LogP contribution in [0, 0.1) is 5.92 Å². The second kappa shape index (κ2) is 10.6. The Bertz CT molecular complexity index is 857. The van der Waals surface area contributed by atoms with E-state index in [2.05, 4.69) is 69.5 Å². The van der Waals surface area contributed by atoms with Crippen molar-refractivity contribution in [1.29, 1.82) is 0 Å². The molecule has 6 heteroatoms. The molecule has 30 heavy (non-hydrogen) atoms. The van der Waals surface area contributed by atoms with Gasteiger partial charge in [-0.15, -0.1) is 11.8 Å². The lowest BCUT2D eigenvalue weighted by Crippen LogP contribution is -2.88. The number of nitrogens with one attached hydrogen (secondary N) is 1. The van der Waals surface area contributed by atoms with Crippen LogP contribution in [0.15, 0.2) is 53.4 Å². The summed E-state index contributed by atoms with van der Waals surface area (Å²) in [4.78, 5) is 24.5. The number of nitrogens with two attached hydrogens (primary N) is 2. The number of hydrogen-bond acceptors (Lipinski definition) is 3. The summed E-state index contributed by atoms with van der Waals surface area (Å²) < 4.78 is 0. The van der Waals surface area contributed by atoms with E-state index in [0.29, 0.717) is 18.2 Å². The quantitative estimate of drug-likeness (QED) is 0.534. The summed E-state index contributed by atoms with van der Waals surface area (Å²) in [5, 5.41) is 5.05. The SMILES string of the molecule is CC(C)[C@@H]([NH2+]CC(=O)Nc1ccccc1SCC(N)=O)c1ccc(C(C)(C)C)cc1. The molecule has 5 nitrogen and oxygen atoms in total. The number of primary amides is 1. The largest absolute Gasteiger partial charge is 0.369 e. The number of quaternary nitrogens is 1. The molecule has 0 unspecified atom stereocenters. The first-order valence-electron chi connectivity index (χ1n) is 10.3. The molecule has 5 N–H and O–H groups in total. The van der Waals surface area contributed by atoms with Crippen molar-refractivity contribution in [2.75, 3.05) is 17.6 Å². The number of carbonyl (C=O) groups excluding carboxylic acids is 2. The van der Waals surface area contributed by atoms with Crippen molar-refractivity contribution in [3.63, 3.8) is 0 Å². The van der Waals surface area contributed by atoms with Gasteiger partial charge in [-0.3, -0.25) is 9.59 Å². The lowest BCUT2D eigenvalue weighted by Gasteiger charge is -2.22. The molecular formula is C24H34N3O2S+. The third-order valence-electron chi connectivity index (χ3n) is 4.97. The molecule has 2 aromatic rings. The number of para-hydroxylation sites is 1. The Hall–Kier alpha value is -2.31. The summed E-state index contributed by atoms with van der Waals surface area (Å²) in [6.45, 7) is 11.3. The molecule has 0 spiro atoms. The number of carbonyl (C=O) groups is 2. The summed E-state index contributed by atoms with van der Waals surface area (Å²) in [7, 11) is 0. The second-order valence-corrected chi connectivity index (χ2v) is 9.90. The molecule has 0 aliphatic carbocycles. The van der Waals surface area contributed by atoms with Crippen LogP contribution >= 0.6 is 11.8 Å². The van der Waals surface area contributed by atoms with Gasteiger partial charge in [-0.25, -0.2) is 0 Å². The molecule has 0 aliphatic rings. The van der Waals surface area contributed by atoms with E-state index >= 15 is 0 Å². The molecular weight excluding hydrogens is 394 g/mol. The predicted molar refractivity (Wildman–Crippen MR) is 125 cm³/mol. The van der Waals surface area contributed by atoms with Gasteiger partial charge in [0.1, 0.15) is 6.04 Å². The summed E-state index contributed by atoms with van der Waals surface area (Å²) in [6, 6.07) is 16.4. The smallest absolute Gasteiger partial charge is 0.279 e. The standard InChI is InChI=1S/C24H33N3O2S/c1-16(2)23(17-10-12-18(13-11-17)24(3,4)5)26-14-22(29)27-19-8-6-7-9-20(19)30-15-21(25)28/h6-13,16,23,26H,14-15H2,1-5H3,(H2,25,28)(H,27,29)/p+1/t23-/m1/s1. The zero-order valence-electron chi connectivity index (χ0n) is 18.6. The molecule has 2 amide bonds. The van der Waals surface area contributed by atoms with Gasteiger partial charge in [0.15, 0.2) is 6.54 Å². The van der Waals surface area contributed by atoms with Crippen molar-refractivity contribution < 1.29 is 14.9 Å². The van der Waals surface area contributed by atoms with Gasteiger partial charge >= 0.3 is 0 Å². The lowest BCUT2D eigenvalue weighted by atomic mass is 9.85. The first-order chi connectivity index (χ1) is 14.1. The molecule has 2 rings (SSSR count). The van der Waals surface area contributed by atoms with E-state index in [4.69, 9.17) is 5.73 Å². The van der Waals surface area contributed by atoms with E-state index in [0.717, 1.165) is 4.90 Å². The van der Waals surface area contributed by atoms with Crippen LogP contribution in [0.1, 0.15) is 51.8 Å². The highest BCUT2D eigenvalue weighted by Crippen LogP contribution is 2.27. The summed E-state index contributed by atoms with van der Waals surface area (Å²) in [6.07, 6.45) is 0. The highest BCUT2D eigenvalue weighted by molar-refractivity contribution is 8.00. The van der Waals surface area contributed by atoms with Gasteiger partial charge in [0, 0.05) is 16.4 Å². The molecule has 162 valence electrons. The minimum absolute atomic E-state index is 0.0703. The van der Waals surface area contributed by atoms with Gasteiger partial charge in [0.05, 0.1) is 11.4 Å². The van der Waals surface area contributed by atoms with Crippen molar-refractivity contribution in [3.05, 3.63) is 59.7 Å². The van der Waals surface area contributed by atoms with Gasteiger partial charge < -0.3 is 16.4 Å². The number of thioether (sulfide) groups is 1. The number of amides is 2. The van der Waals surface area contributed by atoms with Crippen LogP contribution in [-0.4, -0.2) is 24.1 Å². The average molecular weight is 429 g/mol. The molecule has 0 aromatic heterocycles. The van der Waals surface area contributed by atoms with Crippen LogP contribution in [0.25, 0.3) is 0 Å². The van der Waals surface area contributed by atoms with E-state index in [1.54, 1.807) is 0 Å². The fourth-order valence-electron chi connectivity index (χ4n) is 3.28. The van der Waals surface area contributed by atoms with Crippen molar-refractivity contribution in [3.8, 4) is 0 Å². The zero-order chi connectivity index (χ0) is 22.3. The van der Waals surface area contributed by atoms with Crippen LogP contribution < -0.4 is 16.4 Å². The first-order valence-corrected chi connectivity index (χ1v) is 11.3. The molecule has 0 saturated heterocycles. The fraction of sp³-hybridized carbons (Fsp3) is 0.417. The van der Waals surface area contributed by atoms with Crippen LogP contribution in [-0.2, 0) is 15.0 Å². The van der Waals surface area contributed by atoms with Crippen LogP contribution in [0.4, 0.5) is 5.69 Å². The Morgan fingerprint density at radius 1 is 1.07 bits per heavy atom. The van der Waals surface area contributed by atoms with Crippen molar-refractivity contribution in [2.45, 2.75) is 51.0 Å². The van der Waals surface area contributed by atoms with E-state index in [1.165, 1.54) is 22.9 Å². The molecule has 0 aliphatic heterocycles. The second-order valence-electron chi connectivity index (χ2n) is 8.88. The molecule has 0 saturated carbocycles. The minimum atomic E-state index is -0.383. The maximum absolute atomic E-state index is 12.6. The Balaban J connectivity index is 2.02. The number of rotatable bonds is 9. The molecule has 2 aromatic carbocycles. The summed E-state index contributed by atoms with van der Waals surface area (Å²) in [5.74, 6) is 0.112. The molecule has 0 fully saturated rings. The van der Waals surface area contributed by atoms with Gasteiger partial charge in [-0.2, -0.15) is 0 Å². The van der Waals surface area contributed by atoms with E-state index in [9.17, 15) is 9.59 Å². The van der Waals surface area contributed by atoms with Crippen LogP contribution in [0.5, 0.6) is 0 Å². The van der Waals surface area contributed by atoms with Crippen molar-refractivity contribution >= 4 is 29.3 Å². The molecule has 1 atom stereocenters. The van der Waals surface area contributed by atoms with E-state index < -0.39 is 0 Å². The van der Waals surface area contributed by atoms with Crippen LogP contribution in [0.3, 0.4) is 0 Å². The molecule has 0 bridgehead atoms. The Kier molecular flexibility index (Phi) is 8.50. The fourth-order valence-corrected chi connectivity index (χ4v) is 4.03. The van der Waals surface area contributed by atoms with Crippen LogP contribution in [0.2, 0.25) is 0 Å². The van der Waals surface area contributed by atoms with Gasteiger partial charge in [-0.1, -0.05) is 71.0 Å². The minimum Gasteiger partial charge on any atom is -0.369 e. The molecule has 0 radical (unpaired) electrons. The number of hydrogen-bond donors (Lipinski definition) is 3. The summed E-state index contributed by atoms with van der Waals surface area (Å²) in [5.41, 5.74) is 8.59. The van der Waals surface area contributed by atoms with E-state index in [-0.39, 0.29) is 29.0 Å². The zero-order valence-corrected chi connectivity index (χ0v) is 19.4. The maximum Gasteiger partial charge on any atom is 0.279 e. The third-order valence-corrected chi connectivity index (χ3v) is 6.06. The Morgan fingerprint density at radius 3 is 2.27 bits per heavy atom. The highest BCUT2D eigenvalue weighted by Gasteiger charge is 2.22.